The summed E-state index contributed by atoms with van der Waals surface area (Å²) < 4.78 is 6.76. The third-order valence-electron chi connectivity index (χ3n) is 3.91. The van der Waals surface area contributed by atoms with Crippen LogP contribution in [0.2, 0.25) is 0 Å². The van der Waals surface area contributed by atoms with E-state index in [0.29, 0.717) is 11.4 Å². The first-order chi connectivity index (χ1) is 11.1. The third kappa shape index (κ3) is 2.88. The molecule has 0 aliphatic rings. The molecule has 0 aliphatic carbocycles. The first-order valence-corrected chi connectivity index (χ1v) is 7.37. The van der Waals surface area contributed by atoms with Crippen molar-refractivity contribution >= 4 is 0 Å². The van der Waals surface area contributed by atoms with Crippen LogP contribution in [0.3, 0.4) is 0 Å². The number of aromatic nitrogens is 2. The van der Waals surface area contributed by atoms with E-state index in [-0.39, 0.29) is 5.56 Å². The summed E-state index contributed by atoms with van der Waals surface area (Å²) in [4.78, 5) is 16.4. The predicted octanol–water partition coefficient (Wildman–Crippen LogP) is 3.43. The van der Waals surface area contributed by atoms with E-state index >= 15 is 0 Å². The van der Waals surface area contributed by atoms with Gasteiger partial charge in [-0.3, -0.25) is 9.36 Å². The molecule has 0 radical (unpaired) electrons. The average Bonchev–Trinajstić information content (AvgIpc) is 2.60. The van der Waals surface area contributed by atoms with Crippen molar-refractivity contribution in [3.05, 3.63) is 70.6 Å². The van der Waals surface area contributed by atoms with Gasteiger partial charge in [-0.1, -0.05) is 36.4 Å². The third-order valence-corrected chi connectivity index (χ3v) is 3.91. The highest BCUT2D eigenvalue weighted by Gasteiger charge is 2.07. The standard InChI is InChI=1S/C19H18N2O2/c1-13-12-20-18(21(2)19(13)22)16-6-4-14(5-7-16)15-8-10-17(23-3)11-9-15/h4-12H,1-3H3. The van der Waals surface area contributed by atoms with Gasteiger partial charge in [0.25, 0.3) is 5.56 Å². The molecule has 4 nitrogen and oxygen atoms in total. The zero-order chi connectivity index (χ0) is 16.4. The number of methoxy groups -OCH3 is 1. The second kappa shape index (κ2) is 6.08. The Morgan fingerprint density at radius 1 is 0.913 bits per heavy atom. The van der Waals surface area contributed by atoms with E-state index in [2.05, 4.69) is 4.98 Å². The summed E-state index contributed by atoms with van der Waals surface area (Å²) in [6.45, 7) is 1.77. The van der Waals surface area contributed by atoms with E-state index in [0.717, 1.165) is 22.4 Å². The molecule has 0 atom stereocenters. The van der Waals surface area contributed by atoms with Gasteiger partial charge in [-0.15, -0.1) is 0 Å². The van der Waals surface area contributed by atoms with Gasteiger partial charge in [0, 0.05) is 24.4 Å². The summed E-state index contributed by atoms with van der Waals surface area (Å²) in [5.41, 5.74) is 3.76. The lowest BCUT2D eigenvalue weighted by atomic mass is 10.0. The molecule has 0 amide bonds. The number of aryl methyl sites for hydroxylation is 1. The quantitative estimate of drug-likeness (QED) is 0.744. The maximum atomic E-state index is 12.0. The van der Waals surface area contributed by atoms with Gasteiger partial charge in [0.2, 0.25) is 0 Å². The number of ether oxygens (including phenoxy) is 1. The summed E-state index contributed by atoms with van der Waals surface area (Å²) in [7, 11) is 3.40. The van der Waals surface area contributed by atoms with E-state index in [1.54, 1.807) is 31.8 Å². The van der Waals surface area contributed by atoms with Crippen LogP contribution in [-0.4, -0.2) is 16.7 Å². The Morgan fingerprint density at radius 3 is 2.00 bits per heavy atom. The molecule has 0 bridgehead atoms. The van der Waals surface area contributed by atoms with Gasteiger partial charge in [0.05, 0.1) is 7.11 Å². The van der Waals surface area contributed by atoms with Crippen molar-refractivity contribution in [3.63, 3.8) is 0 Å². The molecule has 0 spiro atoms. The fourth-order valence-corrected chi connectivity index (χ4v) is 2.52. The van der Waals surface area contributed by atoms with Crippen molar-refractivity contribution in [1.29, 1.82) is 0 Å². The van der Waals surface area contributed by atoms with Gasteiger partial charge in [-0.25, -0.2) is 4.98 Å². The molecule has 0 saturated carbocycles. The van der Waals surface area contributed by atoms with E-state index in [9.17, 15) is 4.79 Å². The molecule has 3 rings (SSSR count). The lowest BCUT2D eigenvalue weighted by Gasteiger charge is -2.09. The zero-order valence-electron chi connectivity index (χ0n) is 13.4. The van der Waals surface area contributed by atoms with Crippen molar-refractivity contribution in [1.82, 2.24) is 9.55 Å². The molecule has 1 aromatic heterocycles. The van der Waals surface area contributed by atoms with Crippen molar-refractivity contribution in [2.45, 2.75) is 6.92 Å². The Bertz CT molecular complexity index is 879. The van der Waals surface area contributed by atoms with Crippen LogP contribution < -0.4 is 10.3 Å². The Labute approximate surface area is 135 Å². The van der Waals surface area contributed by atoms with E-state index in [1.807, 2.05) is 48.5 Å². The van der Waals surface area contributed by atoms with E-state index < -0.39 is 0 Å². The molecule has 4 heteroatoms. The lowest BCUT2D eigenvalue weighted by molar-refractivity contribution is 0.415. The van der Waals surface area contributed by atoms with Gasteiger partial charge in [0.15, 0.2) is 0 Å². The molecule has 0 aliphatic heterocycles. The number of rotatable bonds is 3. The van der Waals surface area contributed by atoms with Gasteiger partial charge in [-0.05, 0) is 30.2 Å². The largest absolute Gasteiger partial charge is 0.497 e. The van der Waals surface area contributed by atoms with Crippen LogP contribution in [0.4, 0.5) is 0 Å². The summed E-state index contributed by atoms with van der Waals surface area (Å²) >= 11 is 0. The fourth-order valence-electron chi connectivity index (χ4n) is 2.52. The Hall–Kier alpha value is -2.88. The van der Waals surface area contributed by atoms with Crippen LogP contribution in [0.15, 0.2) is 59.5 Å². The fraction of sp³-hybridized carbons (Fsp3) is 0.158. The number of hydrogen-bond acceptors (Lipinski definition) is 3. The highest BCUT2D eigenvalue weighted by molar-refractivity contribution is 5.68. The highest BCUT2D eigenvalue weighted by atomic mass is 16.5. The summed E-state index contributed by atoms with van der Waals surface area (Å²) in [6.07, 6.45) is 1.62. The first kappa shape index (κ1) is 15.0. The van der Waals surface area contributed by atoms with Crippen LogP contribution in [0.5, 0.6) is 5.75 Å². The molecule has 0 saturated heterocycles. The van der Waals surface area contributed by atoms with Gasteiger partial charge < -0.3 is 4.74 Å². The van der Waals surface area contributed by atoms with E-state index in [1.165, 1.54) is 0 Å². The van der Waals surface area contributed by atoms with Crippen LogP contribution in [-0.2, 0) is 7.05 Å². The van der Waals surface area contributed by atoms with Crippen LogP contribution >= 0.6 is 0 Å². The minimum absolute atomic E-state index is 0.0192. The molecule has 116 valence electrons. The number of nitrogens with zero attached hydrogens (tertiary/aromatic N) is 2. The molecule has 0 unspecified atom stereocenters. The molecule has 0 N–H and O–H groups in total. The minimum atomic E-state index is -0.0192. The van der Waals surface area contributed by atoms with Crippen molar-refractivity contribution < 1.29 is 4.74 Å². The van der Waals surface area contributed by atoms with Gasteiger partial charge >= 0.3 is 0 Å². The number of benzene rings is 2. The molecule has 23 heavy (non-hydrogen) atoms. The van der Waals surface area contributed by atoms with Gasteiger partial charge in [0.1, 0.15) is 11.6 Å². The Kier molecular flexibility index (Phi) is 3.98. The molecule has 1 heterocycles. The molecular weight excluding hydrogens is 288 g/mol. The summed E-state index contributed by atoms with van der Waals surface area (Å²) in [5, 5.41) is 0. The normalized spacial score (nSPS) is 10.6. The second-order valence-corrected chi connectivity index (χ2v) is 5.43. The van der Waals surface area contributed by atoms with Crippen molar-refractivity contribution in [3.8, 4) is 28.3 Å². The van der Waals surface area contributed by atoms with Crippen LogP contribution in [0.1, 0.15) is 5.56 Å². The topological polar surface area (TPSA) is 44.1 Å². The van der Waals surface area contributed by atoms with Crippen molar-refractivity contribution in [2.75, 3.05) is 7.11 Å². The van der Waals surface area contributed by atoms with Crippen LogP contribution in [0, 0.1) is 6.92 Å². The molecule has 2 aromatic carbocycles. The zero-order valence-corrected chi connectivity index (χ0v) is 13.4. The SMILES string of the molecule is COc1ccc(-c2ccc(-c3ncc(C)c(=O)n3C)cc2)cc1. The second-order valence-electron chi connectivity index (χ2n) is 5.43. The smallest absolute Gasteiger partial charge is 0.256 e. The maximum Gasteiger partial charge on any atom is 0.256 e. The molecule has 0 fully saturated rings. The predicted molar refractivity (Wildman–Crippen MR) is 91.6 cm³/mol. The number of hydrogen-bond donors (Lipinski definition) is 0. The molecular formula is C19H18N2O2. The Morgan fingerprint density at radius 2 is 1.43 bits per heavy atom. The monoisotopic (exact) mass is 306 g/mol. The maximum absolute atomic E-state index is 12.0. The van der Waals surface area contributed by atoms with Crippen LogP contribution in [0.25, 0.3) is 22.5 Å². The molecule has 3 aromatic rings. The minimum Gasteiger partial charge on any atom is -0.497 e. The Balaban J connectivity index is 1.96. The van der Waals surface area contributed by atoms with Crippen molar-refractivity contribution in [2.24, 2.45) is 7.05 Å². The average molecular weight is 306 g/mol. The van der Waals surface area contributed by atoms with Gasteiger partial charge in [-0.2, -0.15) is 0 Å². The summed E-state index contributed by atoms with van der Waals surface area (Å²) in [5.74, 6) is 1.51. The first-order valence-electron chi connectivity index (χ1n) is 7.37. The lowest BCUT2D eigenvalue weighted by Crippen LogP contribution is -2.21. The highest BCUT2D eigenvalue weighted by Crippen LogP contribution is 2.25. The summed E-state index contributed by atoms with van der Waals surface area (Å²) in [6, 6.07) is 15.9. The van der Waals surface area contributed by atoms with E-state index in [4.69, 9.17) is 4.74 Å².